The Labute approximate surface area is 78.6 Å². The Morgan fingerprint density at radius 2 is 1.91 bits per heavy atom. The third-order valence-electron chi connectivity index (χ3n) is 2.52. The first-order valence-corrected chi connectivity index (χ1v) is 4.84. The van der Waals surface area contributed by atoms with Crippen molar-refractivity contribution in [2.75, 3.05) is 0 Å². The summed E-state index contributed by atoms with van der Waals surface area (Å²) in [6.45, 7) is 4.43. The van der Waals surface area contributed by atoms with E-state index < -0.39 is 0 Å². The van der Waals surface area contributed by atoms with Gasteiger partial charge in [0.25, 0.3) is 0 Å². The van der Waals surface area contributed by atoms with Gasteiger partial charge in [-0.15, -0.1) is 0 Å². The molecule has 0 amide bonds. The molecule has 0 spiro atoms. The van der Waals surface area contributed by atoms with Gasteiger partial charge in [0.1, 0.15) is 4.49 Å². The van der Waals surface area contributed by atoms with Crippen LogP contribution in [-0.4, -0.2) is 0 Å². The molecule has 1 aliphatic carbocycles. The van der Waals surface area contributed by atoms with Crippen molar-refractivity contribution >= 4 is 23.2 Å². The molecule has 2 heteroatoms. The van der Waals surface area contributed by atoms with Crippen molar-refractivity contribution < 1.29 is 0 Å². The minimum Gasteiger partial charge on any atom is -0.0709 e. The van der Waals surface area contributed by atoms with Gasteiger partial charge in [0, 0.05) is 0 Å². The van der Waals surface area contributed by atoms with Crippen LogP contribution < -0.4 is 0 Å². The normalized spacial score (nSPS) is 23.5. The second-order valence-corrected chi connectivity index (χ2v) is 4.78. The van der Waals surface area contributed by atoms with Crippen molar-refractivity contribution in [2.24, 2.45) is 5.41 Å². The molecule has 0 nitrogen and oxygen atoms in total. The first-order chi connectivity index (χ1) is 5.04. The van der Waals surface area contributed by atoms with Crippen LogP contribution in [-0.2, 0) is 0 Å². The molecule has 0 aliphatic heterocycles. The van der Waals surface area contributed by atoms with E-state index in [1.165, 1.54) is 24.8 Å². The molecule has 11 heavy (non-hydrogen) atoms. The molecule has 0 aromatic carbocycles. The molecule has 0 unspecified atom stereocenters. The van der Waals surface area contributed by atoms with Crippen LogP contribution in [0.3, 0.4) is 0 Å². The van der Waals surface area contributed by atoms with Gasteiger partial charge in [-0.25, -0.2) is 0 Å². The van der Waals surface area contributed by atoms with Crippen LogP contribution in [0.4, 0.5) is 0 Å². The van der Waals surface area contributed by atoms with Crippen LogP contribution in [0.25, 0.3) is 0 Å². The minimum atomic E-state index is 0.233. The van der Waals surface area contributed by atoms with E-state index in [0.29, 0.717) is 4.49 Å². The molecule has 1 fully saturated rings. The smallest absolute Gasteiger partial charge is 0.0709 e. The predicted molar refractivity (Wildman–Crippen MR) is 51.0 cm³/mol. The van der Waals surface area contributed by atoms with Crippen LogP contribution in [0.1, 0.15) is 39.5 Å². The van der Waals surface area contributed by atoms with E-state index in [4.69, 9.17) is 23.2 Å². The fraction of sp³-hybridized carbons (Fsp3) is 0.778. The molecule has 0 radical (unpaired) electrons. The molecular formula is C9H14Cl2. The Balaban J connectivity index is 2.85. The minimum absolute atomic E-state index is 0.233. The van der Waals surface area contributed by atoms with Gasteiger partial charge in [-0.2, -0.15) is 0 Å². The molecule has 0 heterocycles. The second-order valence-electron chi connectivity index (χ2n) is 3.83. The number of allylic oxidation sites excluding steroid dienone is 1. The zero-order chi connectivity index (χ0) is 8.48. The van der Waals surface area contributed by atoms with Gasteiger partial charge in [-0.05, 0) is 30.3 Å². The van der Waals surface area contributed by atoms with Gasteiger partial charge in [0.05, 0.1) is 0 Å². The Bertz CT molecular complexity index is 176. The molecule has 1 saturated carbocycles. The van der Waals surface area contributed by atoms with Crippen molar-refractivity contribution in [3.8, 4) is 0 Å². The Morgan fingerprint density at radius 1 is 1.27 bits per heavy atom. The van der Waals surface area contributed by atoms with Crippen LogP contribution in [0.15, 0.2) is 10.1 Å². The van der Waals surface area contributed by atoms with E-state index in [1.807, 2.05) is 0 Å². The number of halogens is 2. The molecular weight excluding hydrogens is 179 g/mol. The van der Waals surface area contributed by atoms with E-state index in [9.17, 15) is 0 Å². The van der Waals surface area contributed by atoms with Crippen LogP contribution in [0.5, 0.6) is 0 Å². The number of rotatable bonds is 0. The molecule has 64 valence electrons. The summed E-state index contributed by atoms with van der Waals surface area (Å²) in [6, 6.07) is 0. The zero-order valence-corrected chi connectivity index (χ0v) is 8.60. The van der Waals surface area contributed by atoms with E-state index in [0.717, 1.165) is 6.42 Å². The van der Waals surface area contributed by atoms with Crippen LogP contribution in [0.2, 0.25) is 0 Å². The number of hydrogen-bond donors (Lipinski definition) is 0. The van der Waals surface area contributed by atoms with Crippen molar-refractivity contribution in [3.63, 3.8) is 0 Å². The molecule has 0 bridgehead atoms. The van der Waals surface area contributed by atoms with Crippen molar-refractivity contribution in [3.05, 3.63) is 10.1 Å². The standard InChI is InChI=1S/C9H14Cl2/c1-9(2)6-4-3-5-7(9)8(10)11/h3-6H2,1-2H3. The lowest BCUT2D eigenvalue weighted by atomic mass is 9.74. The second kappa shape index (κ2) is 3.37. The highest BCUT2D eigenvalue weighted by atomic mass is 35.5. The summed E-state index contributed by atoms with van der Waals surface area (Å²) in [5.74, 6) is 0. The summed E-state index contributed by atoms with van der Waals surface area (Å²) in [7, 11) is 0. The summed E-state index contributed by atoms with van der Waals surface area (Å²) in [5, 5.41) is 0. The highest BCUT2D eigenvalue weighted by molar-refractivity contribution is 6.56. The average molecular weight is 193 g/mol. The average Bonchev–Trinajstić information content (AvgIpc) is 1.85. The number of hydrogen-bond acceptors (Lipinski definition) is 0. The maximum absolute atomic E-state index is 5.79. The van der Waals surface area contributed by atoms with E-state index >= 15 is 0 Å². The van der Waals surface area contributed by atoms with Crippen molar-refractivity contribution in [1.29, 1.82) is 0 Å². The monoisotopic (exact) mass is 192 g/mol. The van der Waals surface area contributed by atoms with Gasteiger partial charge < -0.3 is 0 Å². The maximum atomic E-state index is 5.79. The lowest BCUT2D eigenvalue weighted by molar-refractivity contribution is 0.336. The topological polar surface area (TPSA) is 0 Å². The van der Waals surface area contributed by atoms with E-state index in [1.54, 1.807) is 0 Å². The maximum Gasteiger partial charge on any atom is 0.106 e. The molecule has 0 aromatic heterocycles. The molecule has 0 aromatic rings. The van der Waals surface area contributed by atoms with Crippen LogP contribution >= 0.6 is 23.2 Å². The van der Waals surface area contributed by atoms with Crippen LogP contribution in [0, 0.1) is 5.41 Å². The Kier molecular flexibility index (Phi) is 2.88. The van der Waals surface area contributed by atoms with E-state index in [-0.39, 0.29) is 5.41 Å². The Morgan fingerprint density at radius 3 is 2.27 bits per heavy atom. The fourth-order valence-electron chi connectivity index (χ4n) is 1.71. The Hall–Kier alpha value is 0.320. The van der Waals surface area contributed by atoms with Gasteiger partial charge in [0.15, 0.2) is 0 Å². The molecule has 1 rings (SSSR count). The first kappa shape index (κ1) is 9.41. The quantitative estimate of drug-likeness (QED) is 0.538. The van der Waals surface area contributed by atoms with Gasteiger partial charge in [-0.3, -0.25) is 0 Å². The molecule has 0 atom stereocenters. The van der Waals surface area contributed by atoms with Crippen molar-refractivity contribution in [2.45, 2.75) is 39.5 Å². The summed E-state index contributed by atoms with van der Waals surface area (Å²) in [4.78, 5) is 0. The predicted octanol–water partition coefficient (Wildman–Crippen LogP) is 4.28. The fourth-order valence-corrected chi connectivity index (χ4v) is 2.41. The molecule has 0 saturated heterocycles. The van der Waals surface area contributed by atoms with Crippen molar-refractivity contribution in [1.82, 2.24) is 0 Å². The van der Waals surface area contributed by atoms with Gasteiger partial charge in [0.2, 0.25) is 0 Å². The summed E-state index contributed by atoms with van der Waals surface area (Å²) >= 11 is 11.6. The summed E-state index contributed by atoms with van der Waals surface area (Å²) < 4.78 is 0.495. The first-order valence-electron chi connectivity index (χ1n) is 4.09. The largest absolute Gasteiger partial charge is 0.106 e. The lowest BCUT2D eigenvalue weighted by Crippen LogP contribution is -2.19. The summed E-state index contributed by atoms with van der Waals surface area (Å²) in [6.07, 6.45) is 4.83. The SMILES string of the molecule is CC1(C)CCCCC1=C(Cl)Cl. The third kappa shape index (κ3) is 2.13. The summed E-state index contributed by atoms with van der Waals surface area (Å²) in [5.41, 5.74) is 1.48. The van der Waals surface area contributed by atoms with E-state index in [2.05, 4.69) is 13.8 Å². The molecule has 1 aliphatic rings. The van der Waals surface area contributed by atoms with Gasteiger partial charge in [-0.1, -0.05) is 43.5 Å². The van der Waals surface area contributed by atoms with Gasteiger partial charge >= 0.3 is 0 Å². The molecule has 0 N–H and O–H groups in total. The highest BCUT2D eigenvalue weighted by Gasteiger charge is 2.28. The third-order valence-corrected chi connectivity index (χ3v) is 2.98. The lowest BCUT2D eigenvalue weighted by Gasteiger charge is -2.32. The zero-order valence-electron chi connectivity index (χ0n) is 7.08. The highest BCUT2D eigenvalue weighted by Crippen LogP contribution is 2.43.